The standard InChI is InChI=1S/C13H27N3S/c1-15-8-10-16(11-9-15)7-6-14-12-4-3-5-13(12)17-2/h12-14H,3-11H2,1-2H3. The van der Waals surface area contributed by atoms with Crippen LogP contribution in [-0.2, 0) is 0 Å². The van der Waals surface area contributed by atoms with Crippen LogP contribution in [-0.4, -0.2) is 73.7 Å². The highest BCUT2D eigenvalue weighted by molar-refractivity contribution is 7.99. The SMILES string of the molecule is CSC1CCCC1NCCN1CCN(C)CC1. The molecule has 0 aromatic rings. The van der Waals surface area contributed by atoms with Gasteiger partial charge in [0, 0.05) is 50.6 Å². The van der Waals surface area contributed by atoms with E-state index in [9.17, 15) is 0 Å². The van der Waals surface area contributed by atoms with Gasteiger partial charge in [0.15, 0.2) is 0 Å². The Labute approximate surface area is 110 Å². The zero-order chi connectivity index (χ0) is 12.1. The zero-order valence-corrected chi connectivity index (χ0v) is 12.1. The molecule has 0 aromatic heterocycles. The molecule has 1 saturated carbocycles. The Morgan fingerprint density at radius 1 is 1.18 bits per heavy atom. The fraction of sp³-hybridized carbons (Fsp3) is 1.00. The number of likely N-dealkylation sites (N-methyl/N-ethyl adjacent to an activating group) is 1. The van der Waals surface area contributed by atoms with Gasteiger partial charge in [0.05, 0.1) is 0 Å². The van der Waals surface area contributed by atoms with Gasteiger partial charge < -0.3 is 10.2 Å². The van der Waals surface area contributed by atoms with Crippen LogP contribution in [0.4, 0.5) is 0 Å². The molecule has 2 fully saturated rings. The number of nitrogens with one attached hydrogen (secondary N) is 1. The third-order valence-corrected chi connectivity index (χ3v) is 5.36. The lowest BCUT2D eigenvalue weighted by molar-refractivity contribution is 0.154. The van der Waals surface area contributed by atoms with Crippen molar-refractivity contribution in [3.8, 4) is 0 Å². The van der Waals surface area contributed by atoms with Gasteiger partial charge in [-0.2, -0.15) is 11.8 Å². The summed E-state index contributed by atoms with van der Waals surface area (Å²) in [4.78, 5) is 5.01. The van der Waals surface area contributed by atoms with Gasteiger partial charge in [-0.05, 0) is 26.1 Å². The summed E-state index contributed by atoms with van der Waals surface area (Å²) in [7, 11) is 2.22. The molecule has 2 aliphatic rings. The summed E-state index contributed by atoms with van der Waals surface area (Å²) in [5.74, 6) is 0. The molecule has 17 heavy (non-hydrogen) atoms. The minimum Gasteiger partial charge on any atom is -0.312 e. The van der Waals surface area contributed by atoms with E-state index in [1.54, 1.807) is 0 Å². The third kappa shape index (κ3) is 4.12. The van der Waals surface area contributed by atoms with Crippen LogP contribution in [0, 0.1) is 0 Å². The van der Waals surface area contributed by atoms with Gasteiger partial charge in [0.25, 0.3) is 0 Å². The largest absolute Gasteiger partial charge is 0.312 e. The molecule has 100 valence electrons. The summed E-state index contributed by atoms with van der Waals surface area (Å²) in [5.41, 5.74) is 0. The summed E-state index contributed by atoms with van der Waals surface area (Å²) < 4.78 is 0. The van der Waals surface area contributed by atoms with Crippen molar-refractivity contribution in [1.82, 2.24) is 15.1 Å². The van der Waals surface area contributed by atoms with Crippen LogP contribution in [0.1, 0.15) is 19.3 Å². The van der Waals surface area contributed by atoms with Gasteiger partial charge in [0.1, 0.15) is 0 Å². The van der Waals surface area contributed by atoms with Gasteiger partial charge in [-0.3, -0.25) is 4.90 Å². The molecule has 0 amide bonds. The first kappa shape index (κ1) is 13.7. The minimum absolute atomic E-state index is 0.775. The molecule has 0 spiro atoms. The quantitative estimate of drug-likeness (QED) is 0.795. The fourth-order valence-electron chi connectivity index (χ4n) is 2.92. The maximum Gasteiger partial charge on any atom is 0.0198 e. The Morgan fingerprint density at radius 3 is 2.65 bits per heavy atom. The van der Waals surface area contributed by atoms with E-state index in [1.165, 1.54) is 58.5 Å². The number of thioether (sulfide) groups is 1. The van der Waals surface area contributed by atoms with Gasteiger partial charge in [-0.25, -0.2) is 0 Å². The molecule has 1 aliphatic carbocycles. The van der Waals surface area contributed by atoms with Crippen molar-refractivity contribution in [3.05, 3.63) is 0 Å². The Hall–Kier alpha value is 0.230. The number of piperazine rings is 1. The Morgan fingerprint density at radius 2 is 1.94 bits per heavy atom. The van der Waals surface area contributed by atoms with Crippen LogP contribution in [0.5, 0.6) is 0 Å². The number of hydrogen-bond acceptors (Lipinski definition) is 4. The summed E-state index contributed by atoms with van der Waals surface area (Å²) in [6, 6.07) is 0.775. The molecule has 1 aliphatic heterocycles. The average molecular weight is 257 g/mol. The number of hydrogen-bond donors (Lipinski definition) is 1. The molecule has 1 saturated heterocycles. The van der Waals surface area contributed by atoms with Crippen molar-refractivity contribution < 1.29 is 0 Å². The first-order valence-electron chi connectivity index (χ1n) is 6.96. The number of rotatable bonds is 5. The highest BCUT2D eigenvalue weighted by Crippen LogP contribution is 2.28. The lowest BCUT2D eigenvalue weighted by atomic mass is 10.2. The maximum atomic E-state index is 3.77. The van der Waals surface area contributed by atoms with Crippen molar-refractivity contribution in [2.45, 2.75) is 30.6 Å². The summed E-state index contributed by atoms with van der Waals surface area (Å²) in [5, 5.41) is 4.63. The summed E-state index contributed by atoms with van der Waals surface area (Å²) in [6.07, 6.45) is 6.46. The molecular weight excluding hydrogens is 230 g/mol. The normalized spacial score (nSPS) is 32.1. The van der Waals surface area contributed by atoms with Crippen LogP contribution in [0.3, 0.4) is 0 Å². The highest BCUT2D eigenvalue weighted by Gasteiger charge is 2.25. The first-order valence-corrected chi connectivity index (χ1v) is 8.25. The summed E-state index contributed by atoms with van der Waals surface area (Å²) in [6.45, 7) is 7.36. The topological polar surface area (TPSA) is 18.5 Å². The lowest BCUT2D eigenvalue weighted by Crippen LogP contribution is -2.47. The third-order valence-electron chi connectivity index (χ3n) is 4.19. The van der Waals surface area contributed by atoms with Crippen molar-refractivity contribution >= 4 is 11.8 Å². The molecule has 1 heterocycles. The van der Waals surface area contributed by atoms with E-state index in [0.29, 0.717) is 0 Å². The molecule has 2 atom stereocenters. The molecule has 0 radical (unpaired) electrons. The van der Waals surface area contributed by atoms with E-state index in [0.717, 1.165) is 11.3 Å². The molecule has 2 unspecified atom stereocenters. The van der Waals surface area contributed by atoms with E-state index in [-0.39, 0.29) is 0 Å². The monoisotopic (exact) mass is 257 g/mol. The second kappa shape index (κ2) is 6.98. The van der Waals surface area contributed by atoms with E-state index < -0.39 is 0 Å². The average Bonchev–Trinajstić information content (AvgIpc) is 2.79. The van der Waals surface area contributed by atoms with Crippen LogP contribution in [0.15, 0.2) is 0 Å². The van der Waals surface area contributed by atoms with Gasteiger partial charge in [0.2, 0.25) is 0 Å². The van der Waals surface area contributed by atoms with Crippen molar-refractivity contribution in [2.24, 2.45) is 0 Å². The molecule has 2 rings (SSSR count). The molecule has 0 aromatic carbocycles. The first-order chi connectivity index (χ1) is 8.29. The molecule has 1 N–H and O–H groups in total. The predicted octanol–water partition coefficient (Wildman–Crippen LogP) is 1.11. The van der Waals surface area contributed by atoms with Crippen LogP contribution in [0.2, 0.25) is 0 Å². The second-order valence-electron chi connectivity index (χ2n) is 5.41. The molecule has 3 nitrogen and oxygen atoms in total. The smallest absolute Gasteiger partial charge is 0.0198 e. The van der Waals surface area contributed by atoms with E-state index in [2.05, 4.69) is 28.4 Å². The number of nitrogens with zero attached hydrogens (tertiary/aromatic N) is 2. The highest BCUT2D eigenvalue weighted by atomic mass is 32.2. The Balaban J connectivity index is 1.59. The van der Waals surface area contributed by atoms with Crippen molar-refractivity contribution in [3.63, 3.8) is 0 Å². The molecular formula is C13H27N3S. The fourth-order valence-corrected chi connectivity index (χ4v) is 3.88. The Bertz CT molecular complexity index is 217. The van der Waals surface area contributed by atoms with Crippen LogP contribution >= 0.6 is 11.8 Å². The van der Waals surface area contributed by atoms with Gasteiger partial charge in [-0.15, -0.1) is 0 Å². The van der Waals surface area contributed by atoms with Gasteiger partial charge >= 0.3 is 0 Å². The predicted molar refractivity (Wildman–Crippen MR) is 76.9 cm³/mol. The van der Waals surface area contributed by atoms with Crippen LogP contribution in [0.25, 0.3) is 0 Å². The second-order valence-corrected chi connectivity index (χ2v) is 6.49. The minimum atomic E-state index is 0.775. The molecule has 0 bridgehead atoms. The zero-order valence-electron chi connectivity index (χ0n) is 11.3. The van der Waals surface area contributed by atoms with E-state index in [1.807, 2.05) is 11.8 Å². The molecule has 4 heteroatoms. The maximum absolute atomic E-state index is 3.77. The summed E-state index contributed by atoms with van der Waals surface area (Å²) >= 11 is 2.04. The van der Waals surface area contributed by atoms with Crippen molar-refractivity contribution in [1.29, 1.82) is 0 Å². The lowest BCUT2D eigenvalue weighted by Gasteiger charge is -2.32. The van der Waals surface area contributed by atoms with Crippen LogP contribution < -0.4 is 5.32 Å². The van der Waals surface area contributed by atoms with E-state index in [4.69, 9.17) is 0 Å². The Kier molecular flexibility index (Phi) is 5.60. The van der Waals surface area contributed by atoms with E-state index >= 15 is 0 Å². The van der Waals surface area contributed by atoms with Gasteiger partial charge in [-0.1, -0.05) is 6.42 Å². The van der Waals surface area contributed by atoms with Crippen molar-refractivity contribution in [2.75, 3.05) is 52.6 Å².